The third-order valence-electron chi connectivity index (χ3n) is 4.17. The normalized spacial score (nSPS) is 13.8. The molecule has 0 spiro atoms. The summed E-state index contributed by atoms with van der Waals surface area (Å²) in [6, 6.07) is 10.9. The summed E-state index contributed by atoms with van der Waals surface area (Å²) in [6.45, 7) is 3.86. The van der Waals surface area contributed by atoms with Crippen molar-refractivity contribution in [3.63, 3.8) is 0 Å². The zero-order valence-electron chi connectivity index (χ0n) is 14.0. The summed E-state index contributed by atoms with van der Waals surface area (Å²) < 4.78 is 5.55. The third kappa shape index (κ3) is 4.59. The lowest BCUT2D eigenvalue weighted by Gasteiger charge is -2.19. The Labute approximate surface area is 157 Å². The molecule has 0 bridgehead atoms. The number of benzene rings is 2. The van der Waals surface area contributed by atoms with Crippen molar-refractivity contribution in [1.82, 2.24) is 0 Å². The molecule has 25 heavy (non-hydrogen) atoms. The first-order chi connectivity index (χ1) is 12.0. The van der Waals surface area contributed by atoms with Crippen LogP contribution in [0, 0.1) is 6.92 Å². The average Bonchev–Trinajstić information content (AvgIpc) is 3.08. The van der Waals surface area contributed by atoms with Gasteiger partial charge < -0.3 is 15.0 Å². The number of hydrogen-bond donors (Lipinski definition) is 1. The van der Waals surface area contributed by atoms with Crippen LogP contribution >= 0.6 is 23.2 Å². The van der Waals surface area contributed by atoms with Gasteiger partial charge in [-0.2, -0.15) is 0 Å². The smallest absolute Gasteiger partial charge is 0.262 e. The van der Waals surface area contributed by atoms with Crippen LogP contribution in [0.3, 0.4) is 0 Å². The van der Waals surface area contributed by atoms with Crippen LogP contribution < -0.4 is 15.0 Å². The van der Waals surface area contributed by atoms with Crippen LogP contribution in [0.1, 0.15) is 18.4 Å². The number of nitrogens with one attached hydrogen (secondary N) is 1. The molecule has 0 radical (unpaired) electrons. The van der Waals surface area contributed by atoms with Gasteiger partial charge in [0.2, 0.25) is 0 Å². The van der Waals surface area contributed by atoms with Crippen molar-refractivity contribution < 1.29 is 9.53 Å². The Bertz CT molecular complexity index is 774. The number of ether oxygens (including phenoxy) is 1. The summed E-state index contributed by atoms with van der Waals surface area (Å²) in [7, 11) is 0. The molecule has 3 rings (SSSR count). The molecule has 1 aliphatic rings. The lowest BCUT2D eigenvalue weighted by Crippen LogP contribution is -2.21. The summed E-state index contributed by atoms with van der Waals surface area (Å²) in [5.74, 6) is 0.404. The van der Waals surface area contributed by atoms with E-state index in [1.165, 1.54) is 12.8 Å². The number of anilines is 2. The van der Waals surface area contributed by atoms with Gasteiger partial charge in [-0.05, 0) is 61.7 Å². The highest BCUT2D eigenvalue weighted by atomic mass is 35.5. The number of carbonyl (C=O) groups excluding carboxylic acids is 1. The lowest BCUT2D eigenvalue weighted by atomic mass is 10.2. The molecular weight excluding hydrogens is 359 g/mol. The van der Waals surface area contributed by atoms with Gasteiger partial charge in [-0.25, -0.2) is 0 Å². The predicted octanol–water partition coefficient (Wildman–Crippen LogP) is 4.92. The average molecular weight is 379 g/mol. The first-order valence-electron chi connectivity index (χ1n) is 8.26. The van der Waals surface area contributed by atoms with E-state index in [4.69, 9.17) is 27.9 Å². The Morgan fingerprint density at radius 3 is 2.60 bits per heavy atom. The number of hydrogen-bond acceptors (Lipinski definition) is 3. The van der Waals surface area contributed by atoms with Crippen molar-refractivity contribution in [2.45, 2.75) is 19.8 Å². The fourth-order valence-electron chi connectivity index (χ4n) is 2.91. The van der Waals surface area contributed by atoms with Crippen molar-refractivity contribution in [2.24, 2.45) is 0 Å². The second-order valence-corrected chi connectivity index (χ2v) is 6.95. The maximum atomic E-state index is 12.1. The van der Waals surface area contributed by atoms with Crippen LogP contribution in [-0.4, -0.2) is 25.6 Å². The number of nitrogens with zero attached hydrogens (tertiary/aromatic N) is 1. The number of carbonyl (C=O) groups is 1. The lowest BCUT2D eigenvalue weighted by molar-refractivity contribution is -0.118. The van der Waals surface area contributed by atoms with Crippen LogP contribution in [0.4, 0.5) is 11.4 Å². The summed E-state index contributed by atoms with van der Waals surface area (Å²) in [5, 5.41) is 4.10. The van der Waals surface area contributed by atoms with E-state index in [2.05, 4.69) is 10.2 Å². The fraction of sp³-hybridized carbons (Fsp3) is 0.316. The predicted molar refractivity (Wildman–Crippen MR) is 103 cm³/mol. The maximum Gasteiger partial charge on any atom is 0.262 e. The highest BCUT2D eigenvalue weighted by Crippen LogP contribution is 2.31. The van der Waals surface area contributed by atoms with Gasteiger partial charge in [0.05, 0.1) is 10.7 Å². The molecule has 1 aliphatic heterocycles. The second-order valence-electron chi connectivity index (χ2n) is 6.11. The Morgan fingerprint density at radius 1 is 1.16 bits per heavy atom. The van der Waals surface area contributed by atoms with Gasteiger partial charge in [-0.1, -0.05) is 23.2 Å². The summed E-state index contributed by atoms with van der Waals surface area (Å²) in [6.07, 6.45) is 2.38. The Morgan fingerprint density at radius 2 is 1.92 bits per heavy atom. The van der Waals surface area contributed by atoms with E-state index in [-0.39, 0.29) is 12.5 Å². The van der Waals surface area contributed by atoms with Crippen LogP contribution in [0.5, 0.6) is 5.75 Å². The Kier molecular flexibility index (Phi) is 5.71. The van der Waals surface area contributed by atoms with Crippen molar-refractivity contribution in [2.75, 3.05) is 29.9 Å². The molecule has 0 unspecified atom stereocenters. The molecule has 1 amide bonds. The van der Waals surface area contributed by atoms with Gasteiger partial charge in [0.1, 0.15) is 5.75 Å². The van der Waals surface area contributed by atoms with Gasteiger partial charge in [0.25, 0.3) is 5.91 Å². The molecule has 4 nitrogen and oxygen atoms in total. The van der Waals surface area contributed by atoms with Crippen molar-refractivity contribution in [3.8, 4) is 5.75 Å². The minimum absolute atomic E-state index is 0.0754. The van der Waals surface area contributed by atoms with Gasteiger partial charge in [-0.3, -0.25) is 4.79 Å². The van der Waals surface area contributed by atoms with Gasteiger partial charge >= 0.3 is 0 Å². The van der Waals surface area contributed by atoms with E-state index in [0.29, 0.717) is 21.5 Å². The first-order valence-corrected chi connectivity index (χ1v) is 9.02. The van der Waals surface area contributed by atoms with Crippen LogP contribution in [0.15, 0.2) is 36.4 Å². The second kappa shape index (κ2) is 7.98. The molecule has 2 aromatic carbocycles. The minimum Gasteiger partial charge on any atom is -0.483 e. The van der Waals surface area contributed by atoms with Gasteiger partial charge in [-0.15, -0.1) is 0 Å². The first kappa shape index (κ1) is 17.9. The Hall–Kier alpha value is -1.91. The van der Waals surface area contributed by atoms with E-state index < -0.39 is 0 Å². The van der Waals surface area contributed by atoms with E-state index in [0.717, 1.165) is 24.3 Å². The van der Waals surface area contributed by atoms with E-state index in [9.17, 15) is 4.79 Å². The standard InChI is InChI=1S/C19H20Cl2N2O2/c1-13-10-14(20)4-7-18(13)25-12-19(24)22-15-5-6-17(16(21)11-15)23-8-2-3-9-23/h4-7,10-11H,2-3,8-9,12H2,1H3,(H,22,24). The Balaban J connectivity index is 1.58. The molecule has 1 heterocycles. The monoisotopic (exact) mass is 378 g/mol. The molecule has 0 atom stereocenters. The minimum atomic E-state index is -0.237. The zero-order chi connectivity index (χ0) is 17.8. The van der Waals surface area contributed by atoms with Crippen LogP contribution in [-0.2, 0) is 4.79 Å². The highest BCUT2D eigenvalue weighted by molar-refractivity contribution is 6.33. The molecule has 0 saturated carbocycles. The third-order valence-corrected chi connectivity index (χ3v) is 4.71. The molecule has 0 aromatic heterocycles. The molecule has 1 fully saturated rings. The van der Waals surface area contributed by atoms with E-state index >= 15 is 0 Å². The van der Waals surface area contributed by atoms with Crippen molar-refractivity contribution >= 4 is 40.5 Å². The van der Waals surface area contributed by atoms with E-state index in [1.807, 2.05) is 19.1 Å². The molecular formula is C19H20Cl2N2O2. The van der Waals surface area contributed by atoms with Crippen molar-refractivity contribution in [3.05, 3.63) is 52.0 Å². The molecule has 1 saturated heterocycles. The number of halogens is 2. The van der Waals surface area contributed by atoms with E-state index in [1.54, 1.807) is 24.3 Å². The molecule has 2 aromatic rings. The molecule has 6 heteroatoms. The van der Waals surface area contributed by atoms with Crippen LogP contribution in [0.2, 0.25) is 10.0 Å². The number of aryl methyl sites for hydroxylation is 1. The maximum absolute atomic E-state index is 12.1. The quantitative estimate of drug-likeness (QED) is 0.802. The molecule has 0 aliphatic carbocycles. The zero-order valence-corrected chi connectivity index (χ0v) is 15.5. The number of rotatable bonds is 5. The summed E-state index contributed by atoms with van der Waals surface area (Å²) in [4.78, 5) is 14.4. The molecule has 1 N–H and O–H groups in total. The topological polar surface area (TPSA) is 41.6 Å². The number of amides is 1. The fourth-order valence-corrected chi connectivity index (χ4v) is 3.44. The van der Waals surface area contributed by atoms with Crippen molar-refractivity contribution in [1.29, 1.82) is 0 Å². The summed E-state index contributed by atoms with van der Waals surface area (Å²) in [5.41, 5.74) is 2.57. The SMILES string of the molecule is Cc1cc(Cl)ccc1OCC(=O)Nc1ccc(N2CCCC2)c(Cl)c1. The van der Waals surface area contributed by atoms with Gasteiger partial charge in [0, 0.05) is 23.8 Å². The molecule has 132 valence electrons. The highest BCUT2D eigenvalue weighted by Gasteiger charge is 2.15. The van der Waals surface area contributed by atoms with Gasteiger partial charge in [0.15, 0.2) is 6.61 Å². The van der Waals surface area contributed by atoms with Crippen LogP contribution in [0.25, 0.3) is 0 Å². The summed E-state index contributed by atoms with van der Waals surface area (Å²) >= 11 is 12.3. The largest absolute Gasteiger partial charge is 0.483 e.